The molecule has 0 saturated heterocycles. The monoisotopic (exact) mass is 222 g/mol. The third-order valence-electron chi connectivity index (χ3n) is 1.23. The Morgan fingerprint density at radius 2 is 1.79 bits per heavy atom. The number of sulfonamides is 1. The van der Waals surface area contributed by atoms with E-state index in [0.29, 0.717) is 0 Å². The smallest absolute Gasteiger partial charge is 0.221 e. The minimum atomic E-state index is -3.19. The molecule has 0 fully saturated rings. The Morgan fingerprint density at radius 1 is 1.29 bits per heavy atom. The quantitative estimate of drug-likeness (QED) is 0.694. The van der Waals surface area contributed by atoms with E-state index in [4.69, 9.17) is 0 Å². The van der Waals surface area contributed by atoms with Crippen molar-refractivity contribution in [3.05, 3.63) is 0 Å². The molecule has 0 saturated carbocycles. The van der Waals surface area contributed by atoms with Gasteiger partial charge in [-0.1, -0.05) is 0 Å². The van der Waals surface area contributed by atoms with Crippen LogP contribution in [-0.2, 0) is 14.8 Å². The van der Waals surface area contributed by atoms with Gasteiger partial charge in [0.05, 0.1) is 6.26 Å². The van der Waals surface area contributed by atoms with E-state index < -0.39 is 10.0 Å². The standard InChI is InChI=1S/C8H18N2O3S/c1-8(2,3)10-7(11)5-6-9-14(4,12)13/h9H,5-6H2,1-4H3,(H,10,11). The summed E-state index contributed by atoms with van der Waals surface area (Å²) in [5, 5.41) is 2.73. The van der Waals surface area contributed by atoms with Crippen molar-refractivity contribution in [1.29, 1.82) is 0 Å². The van der Waals surface area contributed by atoms with E-state index in [-0.39, 0.29) is 24.4 Å². The molecule has 6 heteroatoms. The van der Waals surface area contributed by atoms with Crippen molar-refractivity contribution in [2.75, 3.05) is 12.8 Å². The van der Waals surface area contributed by atoms with Crippen molar-refractivity contribution in [2.24, 2.45) is 0 Å². The van der Waals surface area contributed by atoms with E-state index >= 15 is 0 Å². The van der Waals surface area contributed by atoms with Gasteiger partial charge in [-0.05, 0) is 20.8 Å². The molecule has 0 aromatic heterocycles. The molecule has 0 bridgehead atoms. The lowest BCUT2D eigenvalue weighted by molar-refractivity contribution is -0.122. The second kappa shape index (κ2) is 4.75. The zero-order valence-corrected chi connectivity index (χ0v) is 9.86. The number of carbonyl (C=O) groups excluding carboxylic acids is 1. The summed E-state index contributed by atoms with van der Waals surface area (Å²) in [4.78, 5) is 11.2. The highest BCUT2D eigenvalue weighted by atomic mass is 32.2. The maximum atomic E-state index is 11.2. The SMILES string of the molecule is CC(C)(C)NC(=O)CCNS(C)(=O)=O. The summed E-state index contributed by atoms with van der Waals surface area (Å²) in [6, 6.07) is 0. The maximum absolute atomic E-state index is 11.2. The molecular weight excluding hydrogens is 204 g/mol. The van der Waals surface area contributed by atoms with Gasteiger partial charge in [-0.3, -0.25) is 4.79 Å². The molecule has 0 spiro atoms. The average molecular weight is 222 g/mol. The molecule has 0 heterocycles. The van der Waals surface area contributed by atoms with E-state index in [1.165, 1.54) is 0 Å². The van der Waals surface area contributed by atoms with Gasteiger partial charge in [0.1, 0.15) is 0 Å². The Kier molecular flexibility index (Phi) is 4.54. The van der Waals surface area contributed by atoms with Crippen LogP contribution in [0, 0.1) is 0 Å². The third-order valence-corrected chi connectivity index (χ3v) is 1.96. The number of rotatable bonds is 4. The predicted octanol–water partition coefficient (Wildman–Crippen LogP) is -0.160. The Morgan fingerprint density at radius 3 is 2.14 bits per heavy atom. The van der Waals surface area contributed by atoms with Crippen molar-refractivity contribution >= 4 is 15.9 Å². The highest BCUT2D eigenvalue weighted by Gasteiger charge is 2.13. The number of hydrogen-bond donors (Lipinski definition) is 2. The van der Waals surface area contributed by atoms with Gasteiger partial charge in [0.25, 0.3) is 0 Å². The molecule has 0 aliphatic rings. The van der Waals surface area contributed by atoms with E-state index in [2.05, 4.69) is 10.0 Å². The van der Waals surface area contributed by atoms with Crippen LogP contribution in [0.2, 0.25) is 0 Å². The molecule has 0 aliphatic carbocycles. The van der Waals surface area contributed by atoms with E-state index in [1.54, 1.807) is 0 Å². The Balaban J connectivity index is 3.77. The van der Waals surface area contributed by atoms with Crippen LogP contribution in [0.15, 0.2) is 0 Å². The van der Waals surface area contributed by atoms with Crippen LogP contribution >= 0.6 is 0 Å². The van der Waals surface area contributed by atoms with Crippen LogP contribution in [0.3, 0.4) is 0 Å². The van der Waals surface area contributed by atoms with Crippen LogP contribution in [-0.4, -0.2) is 32.7 Å². The molecule has 0 radical (unpaired) electrons. The minimum Gasteiger partial charge on any atom is -0.351 e. The highest BCUT2D eigenvalue weighted by molar-refractivity contribution is 7.88. The first-order valence-electron chi connectivity index (χ1n) is 4.36. The van der Waals surface area contributed by atoms with Gasteiger partial charge in [-0.25, -0.2) is 13.1 Å². The summed E-state index contributed by atoms with van der Waals surface area (Å²) < 4.78 is 23.6. The third kappa shape index (κ3) is 9.47. The molecule has 0 aromatic rings. The lowest BCUT2D eigenvalue weighted by Gasteiger charge is -2.20. The van der Waals surface area contributed by atoms with Crippen molar-refractivity contribution in [3.63, 3.8) is 0 Å². The lowest BCUT2D eigenvalue weighted by Crippen LogP contribution is -2.41. The molecule has 0 atom stereocenters. The number of carbonyl (C=O) groups is 1. The van der Waals surface area contributed by atoms with Gasteiger partial charge in [-0.15, -0.1) is 0 Å². The van der Waals surface area contributed by atoms with Crippen LogP contribution in [0.4, 0.5) is 0 Å². The fraction of sp³-hybridized carbons (Fsp3) is 0.875. The van der Waals surface area contributed by atoms with Crippen molar-refractivity contribution in [1.82, 2.24) is 10.0 Å². The van der Waals surface area contributed by atoms with Gasteiger partial charge < -0.3 is 5.32 Å². The molecule has 14 heavy (non-hydrogen) atoms. The van der Waals surface area contributed by atoms with Crippen LogP contribution in [0.1, 0.15) is 27.2 Å². The van der Waals surface area contributed by atoms with Gasteiger partial charge in [0.15, 0.2) is 0 Å². The molecule has 5 nitrogen and oxygen atoms in total. The number of amides is 1. The van der Waals surface area contributed by atoms with Gasteiger partial charge in [0.2, 0.25) is 15.9 Å². The normalized spacial score (nSPS) is 12.6. The van der Waals surface area contributed by atoms with E-state index in [1.807, 2.05) is 20.8 Å². The highest BCUT2D eigenvalue weighted by Crippen LogP contribution is 1.98. The summed E-state index contributed by atoms with van der Waals surface area (Å²) in [6.45, 7) is 5.75. The molecule has 0 aromatic carbocycles. The molecular formula is C8H18N2O3S. The molecule has 0 rings (SSSR count). The first-order chi connectivity index (χ1) is 6.10. The zero-order chi connectivity index (χ0) is 11.4. The number of hydrogen-bond acceptors (Lipinski definition) is 3. The summed E-state index contributed by atoms with van der Waals surface area (Å²) in [5.41, 5.74) is -0.276. The largest absolute Gasteiger partial charge is 0.351 e. The van der Waals surface area contributed by atoms with Gasteiger partial charge in [0, 0.05) is 18.5 Å². The summed E-state index contributed by atoms with van der Waals surface area (Å²) in [5.74, 6) is -0.159. The predicted molar refractivity (Wildman–Crippen MR) is 55.4 cm³/mol. The van der Waals surface area contributed by atoms with Gasteiger partial charge in [-0.2, -0.15) is 0 Å². The fourth-order valence-corrected chi connectivity index (χ4v) is 1.30. The molecule has 84 valence electrons. The van der Waals surface area contributed by atoms with Crippen molar-refractivity contribution in [3.8, 4) is 0 Å². The molecule has 0 aliphatic heterocycles. The maximum Gasteiger partial charge on any atom is 0.221 e. The minimum absolute atomic E-state index is 0.140. The van der Waals surface area contributed by atoms with E-state index in [9.17, 15) is 13.2 Å². The Hall–Kier alpha value is -0.620. The average Bonchev–Trinajstić information content (AvgIpc) is 1.78. The van der Waals surface area contributed by atoms with Crippen molar-refractivity contribution < 1.29 is 13.2 Å². The summed E-state index contributed by atoms with van der Waals surface area (Å²) >= 11 is 0. The van der Waals surface area contributed by atoms with E-state index in [0.717, 1.165) is 6.26 Å². The fourth-order valence-electron chi connectivity index (χ4n) is 0.831. The summed E-state index contributed by atoms with van der Waals surface area (Å²) in [6.07, 6.45) is 1.22. The topological polar surface area (TPSA) is 75.3 Å². The van der Waals surface area contributed by atoms with Crippen molar-refractivity contribution in [2.45, 2.75) is 32.7 Å². The zero-order valence-electron chi connectivity index (χ0n) is 9.05. The molecule has 2 N–H and O–H groups in total. The first kappa shape index (κ1) is 13.4. The number of nitrogens with one attached hydrogen (secondary N) is 2. The van der Waals surface area contributed by atoms with Crippen LogP contribution < -0.4 is 10.0 Å². The lowest BCUT2D eigenvalue weighted by atomic mass is 10.1. The molecule has 0 unspecified atom stereocenters. The van der Waals surface area contributed by atoms with Gasteiger partial charge >= 0.3 is 0 Å². The summed E-state index contributed by atoms with van der Waals surface area (Å²) in [7, 11) is -3.19. The first-order valence-corrected chi connectivity index (χ1v) is 6.25. The van der Waals surface area contributed by atoms with Crippen LogP contribution in [0.25, 0.3) is 0 Å². The second-order valence-electron chi connectivity index (χ2n) is 4.21. The second-order valence-corrected chi connectivity index (χ2v) is 6.05. The Labute approximate surface area is 85.3 Å². The van der Waals surface area contributed by atoms with Crippen LogP contribution in [0.5, 0.6) is 0 Å². The Bertz CT molecular complexity index is 290. The molecule has 1 amide bonds.